The number of anilines is 1. The summed E-state index contributed by atoms with van der Waals surface area (Å²) in [5, 5.41) is 2.70. The summed E-state index contributed by atoms with van der Waals surface area (Å²) < 4.78 is 30.4. The van der Waals surface area contributed by atoms with E-state index >= 15 is 0 Å². The van der Waals surface area contributed by atoms with E-state index in [0.717, 1.165) is 10.7 Å². The van der Waals surface area contributed by atoms with Crippen LogP contribution in [0.1, 0.15) is 10.4 Å². The largest absolute Gasteiger partial charge is 0.457 e. The number of nitrogens with one attached hydrogen (secondary N) is 1. The molecule has 1 N–H and O–H groups in total. The Hall–Kier alpha value is -2.64. The first-order chi connectivity index (χ1) is 12.8. The molecule has 0 unspecified atom stereocenters. The number of sulfone groups is 1. The molecule has 0 aliphatic carbocycles. The van der Waals surface area contributed by atoms with E-state index in [-0.39, 0.29) is 10.5 Å². The van der Waals surface area contributed by atoms with Crippen molar-refractivity contribution in [1.29, 1.82) is 0 Å². The maximum atomic E-state index is 12.5. The van der Waals surface area contributed by atoms with Crippen LogP contribution in [-0.4, -0.2) is 20.6 Å². The minimum absolute atomic E-state index is 0.00214. The van der Waals surface area contributed by atoms with E-state index in [9.17, 15) is 13.2 Å². The van der Waals surface area contributed by atoms with E-state index in [1.54, 1.807) is 36.4 Å². The molecule has 7 heteroatoms. The van der Waals surface area contributed by atoms with Gasteiger partial charge in [-0.3, -0.25) is 4.79 Å². The molecule has 3 aromatic carbocycles. The number of amides is 1. The van der Waals surface area contributed by atoms with E-state index in [0.29, 0.717) is 17.2 Å². The minimum atomic E-state index is -3.50. The van der Waals surface area contributed by atoms with Crippen LogP contribution < -0.4 is 10.1 Å². The molecule has 27 heavy (non-hydrogen) atoms. The molecule has 3 rings (SSSR count). The molecule has 0 atom stereocenters. The van der Waals surface area contributed by atoms with E-state index < -0.39 is 15.7 Å². The van der Waals surface area contributed by atoms with Crippen LogP contribution in [0, 0.1) is 0 Å². The number of halogens is 1. The first kappa shape index (κ1) is 19.1. The molecule has 0 aliphatic heterocycles. The highest BCUT2D eigenvalue weighted by molar-refractivity contribution is 9.10. The number of rotatable bonds is 5. The van der Waals surface area contributed by atoms with Gasteiger partial charge >= 0.3 is 0 Å². The first-order valence-electron chi connectivity index (χ1n) is 7.97. The van der Waals surface area contributed by atoms with Gasteiger partial charge in [0.05, 0.1) is 10.5 Å². The normalized spacial score (nSPS) is 11.0. The van der Waals surface area contributed by atoms with Crippen LogP contribution in [0.15, 0.2) is 82.2 Å². The van der Waals surface area contributed by atoms with Crippen molar-refractivity contribution in [2.45, 2.75) is 4.90 Å². The molecule has 138 valence electrons. The molecular formula is C20H16BrNO4S. The summed E-state index contributed by atoms with van der Waals surface area (Å²) >= 11 is 3.37. The van der Waals surface area contributed by atoms with Gasteiger partial charge in [-0.2, -0.15) is 0 Å². The van der Waals surface area contributed by atoms with Crippen molar-refractivity contribution >= 4 is 37.4 Å². The van der Waals surface area contributed by atoms with Gasteiger partial charge in [0.15, 0.2) is 9.84 Å². The molecule has 5 nitrogen and oxygen atoms in total. The lowest BCUT2D eigenvalue weighted by Gasteiger charge is -2.10. The van der Waals surface area contributed by atoms with Crippen LogP contribution in [0.4, 0.5) is 5.69 Å². The maximum Gasteiger partial charge on any atom is 0.256 e. The second kappa shape index (κ2) is 7.94. The zero-order valence-corrected chi connectivity index (χ0v) is 16.7. The van der Waals surface area contributed by atoms with Gasteiger partial charge in [0.25, 0.3) is 5.91 Å². The SMILES string of the molecule is CS(=O)(=O)c1ccccc1C(=O)Nc1ccc(Oc2ccc(Br)cc2)cc1. The molecule has 0 aromatic heterocycles. The topological polar surface area (TPSA) is 72.5 Å². The third kappa shape index (κ3) is 4.96. The zero-order valence-electron chi connectivity index (χ0n) is 14.3. The van der Waals surface area contributed by atoms with Crippen LogP contribution in [0.3, 0.4) is 0 Å². The summed E-state index contributed by atoms with van der Waals surface area (Å²) in [7, 11) is -3.50. The Kier molecular flexibility index (Phi) is 5.62. The fourth-order valence-corrected chi connectivity index (χ4v) is 3.57. The number of carbonyl (C=O) groups excluding carboxylic acids is 1. The third-order valence-electron chi connectivity index (χ3n) is 3.69. The average Bonchev–Trinajstić information content (AvgIpc) is 2.64. The number of benzene rings is 3. The highest BCUT2D eigenvalue weighted by Crippen LogP contribution is 2.25. The monoisotopic (exact) mass is 445 g/mol. The Bertz CT molecular complexity index is 1060. The maximum absolute atomic E-state index is 12.5. The zero-order chi connectivity index (χ0) is 19.4. The highest BCUT2D eigenvalue weighted by atomic mass is 79.9. The molecule has 0 heterocycles. The van der Waals surface area contributed by atoms with Crippen LogP contribution in [-0.2, 0) is 9.84 Å². The van der Waals surface area contributed by atoms with Crippen LogP contribution in [0.5, 0.6) is 11.5 Å². The molecular weight excluding hydrogens is 430 g/mol. The number of hydrogen-bond acceptors (Lipinski definition) is 4. The van der Waals surface area contributed by atoms with Crippen molar-refractivity contribution in [2.75, 3.05) is 11.6 Å². The lowest BCUT2D eigenvalue weighted by atomic mass is 10.2. The van der Waals surface area contributed by atoms with Crippen molar-refractivity contribution in [1.82, 2.24) is 0 Å². The predicted molar refractivity (Wildman–Crippen MR) is 108 cm³/mol. The molecule has 3 aromatic rings. The van der Waals surface area contributed by atoms with E-state index in [1.807, 2.05) is 24.3 Å². The van der Waals surface area contributed by atoms with Crippen molar-refractivity contribution in [3.8, 4) is 11.5 Å². The van der Waals surface area contributed by atoms with E-state index in [2.05, 4.69) is 21.2 Å². The van der Waals surface area contributed by atoms with Crippen molar-refractivity contribution in [3.05, 3.63) is 82.8 Å². The predicted octanol–water partition coefficient (Wildman–Crippen LogP) is 4.90. The minimum Gasteiger partial charge on any atom is -0.457 e. The van der Waals surface area contributed by atoms with Crippen molar-refractivity contribution in [2.24, 2.45) is 0 Å². The third-order valence-corrected chi connectivity index (χ3v) is 5.38. The number of hydrogen-bond donors (Lipinski definition) is 1. The quantitative estimate of drug-likeness (QED) is 0.606. The molecule has 1 amide bonds. The Morgan fingerprint density at radius 1 is 0.889 bits per heavy atom. The molecule has 0 radical (unpaired) electrons. The molecule has 0 saturated heterocycles. The van der Waals surface area contributed by atoms with Gasteiger partial charge in [-0.1, -0.05) is 28.1 Å². The van der Waals surface area contributed by atoms with Gasteiger partial charge in [-0.25, -0.2) is 8.42 Å². The van der Waals surface area contributed by atoms with Gasteiger partial charge in [-0.05, 0) is 60.7 Å². The fraction of sp³-hybridized carbons (Fsp3) is 0.0500. The van der Waals surface area contributed by atoms with E-state index in [4.69, 9.17) is 4.74 Å². The lowest BCUT2D eigenvalue weighted by Crippen LogP contribution is -2.15. The Balaban J connectivity index is 1.73. The van der Waals surface area contributed by atoms with E-state index in [1.165, 1.54) is 12.1 Å². The summed E-state index contributed by atoms with van der Waals surface area (Å²) in [5.74, 6) is 0.821. The first-order valence-corrected chi connectivity index (χ1v) is 10.7. The second-order valence-electron chi connectivity index (χ2n) is 5.80. The highest BCUT2D eigenvalue weighted by Gasteiger charge is 2.18. The molecule has 0 bridgehead atoms. The fourth-order valence-electron chi connectivity index (χ4n) is 2.42. The van der Waals surface area contributed by atoms with Gasteiger partial charge in [0.2, 0.25) is 0 Å². The average molecular weight is 446 g/mol. The van der Waals surface area contributed by atoms with Gasteiger partial charge in [0.1, 0.15) is 11.5 Å². The van der Waals surface area contributed by atoms with Crippen LogP contribution in [0.25, 0.3) is 0 Å². The summed E-state index contributed by atoms with van der Waals surface area (Å²) in [6.07, 6.45) is 1.08. The molecule has 0 aliphatic rings. The standard InChI is InChI=1S/C20H16BrNO4S/c1-27(24,25)19-5-3-2-4-18(19)20(23)22-15-8-12-17(13-9-15)26-16-10-6-14(21)7-11-16/h2-13H,1H3,(H,22,23). The summed E-state index contributed by atoms with van der Waals surface area (Å²) in [6, 6.07) is 20.4. The molecule has 0 saturated carbocycles. The Labute approximate surface area is 166 Å². The van der Waals surface area contributed by atoms with Crippen molar-refractivity contribution < 1.29 is 17.9 Å². The number of ether oxygens (including phenoxy) is 1. The second-order valence-corrected chi connectivity index (χ2v) is 8.70. The molecule has 0 spiro atoms. The van der Waals surface area contributed by atoms with Crippen LogP contribution in [0.2, 0.25) is 0 Å². The number of carbonyl (C=O) groups is 1. The van der Waals surface area contributed by atoms with Crippen molar-refractivity contribution in [3.63, 3.8) is 0 Å². The Morgan fingerprint density at radius 3 is 2.04 bits per heavy atom. The smallest absolute Gasteiger partial charge is 0.256 e. The van der Waals surface area contributed by atoms with Crippen LogP contribution >= 0.6 is 15.9 Å². The lowest BCUT2D eigenvalue weighted by molar-refractivity contribution is 0.102. The Morgan fingerprint density at radius 2 is 1.44 bits per heavy atom. The molecule has 0 fully saturated rings. The van der Waals surface area contributed by atoms with Gasteiger partial charge < -0.3 is 10.1 Å². The summed E-state index contributed by atoms with van der Waals surface area (Å²) in [6.45, 7) is 0. The van der Waals surface area contributed by atoms with Gasteiger partial charge in [-0.15, -0.1) is 0 Å². The summed E-state index contributed by atoms with van der Waals surface area (Å²) in [4.78, 5) is 12.5. The summed E-state index contributed by atoms with van der Waals surface area (Å²) in [5.41, 5.74) is 0.640. The van der Waals surface area contributed by atoms with Gasteiger partial charge in [0, 0.05) is 16.4 Å².